The lowest BCUT2D eigenvalue weighted by molar-refractivity contribution is 0.0158. The molecule has 0 atom stereocenters. The van der Waals surface area contributed by atoms with Gasteiger partial charge in [-0.3, -0.25) is 0 Å². The van der Waals surface area contributed by atoms with Gasteiger partial charge in [0.15, 0.2) is 0 Å². The largest absolute Gasteiger partial charge is 0.379 e. The Labute approximate surface area is 84.6 Å². The van der Waals surface area contributed by atoms with Crippen molar-refractivity contribution in [2.75, 3.05) is 13.7 Å². The SMILES string of the molecule is COC(C)(C)CCNCc1ccon1. The summed E-state index contributed by atoms with van der Waals surface area (Å²) in [5.41, 5.74) is 0.872. The average Bonchev–Trinajstić information content (AvgIpc) is 2.65. The molecule has 0 radical (unpaired) electrons. The van der Waals surface area contributed by atoms with Gasteiger partial charge in [-0.1, -0.05) is 5.16 Å². The van der Waals surface area contributed by atoms with E-state index in [1.54, 1.807) is 13.4 Å². The van der Waals surface area contributed by atoms with Gasteiger partial charge < -0.3 is 14.6 Å². The second kappa shape index (κ2) is 5.12. The van der Waals surface area contributed by atoms with Gasteiger partial charge >= 0.3 is 0 Å². The number of hydrogen-bond donors (Lipinski definition) is 1. The first-order valence-electron chi connectivity index (χ1n) is 4.79. The van der Waals surface area contributed by atoms with Crippen molar-refractivity contribution in [2.24, 2.45) is 0 Å². The molecule has 0 saturated heterocycles. The van der Waals surface area contributed by atoms with Crippen molar-refractivity contribution in [1.29, 1.82) is 0 Å². The first-order chi connectivity index (χ1) is 6.64. The molecule has 80 valence electrons. The van der Waals surface area contributed by atoms with E-state index >= 15 is 0 Å². The van der Waals surface area contributed by atoms with Gasteiger partial charge in [-0.2, -0.15) is 0 Å². The highest BCUT2D eigenvalue weighted by Gasteiger charge is 2.14. The highest BCUT2D eigenvalue weighted by molar-refractivity contribution is 4.94. The standard InChI is InChI=1S/C10H18N2O2/c1-10(2,13-3)5-6-11-8-9-4-7-14-12-9/h4,7,11H,5-6,8H2,1-3H3. The monoisotopic (exact) mass is 198 g/mol. The molecular formula is C10H18N2O2. The van der Waals surface area contributed by atoms with E-state index in [1.807, 2.05) is 6.07 Å². The van der Waals surface area contributed by atoms with Gasteiger partial charge in [0, 0.05) is 19.7 Å². The highest BCUT2D eigenvalue weighted by atomic mass is 16.5. The Hall–Kier alpha value is -0.870. The molecule has 0 aliphatic carbocycles. The van der Waals surface area contributed by atoms with Crippen molar-refractivity contribution in [3.63, 3.8) is 0 Å². The fourth-order valence-electron chi connectivity index (χ4n) is 1.04. The predicted octanol–water partition coefficient (Wildman–Crippen LogP) is 1.58. The van der Waals surface area contributed by atoms with Crippen LogP contribution in [0.4, 0.5) is 0 Å². The summed E-state index contributed by atoms with van der Waals surface area (Å²) in [6, 6.07) is 1.86. The lowest BCUT2D eigenvalue weighted by atomic mass is 10.1. The third-order valence-corrected chi connectivity index (χ3v) is 2.25. The molecule has 0 saturated carbocycles. The minimum atomic E-state index is -0.0587. The summed E-state index contributed by atoms with van der Waals surface area (Å²) in [6.45, 7) is 5.81. The second-order valence-electron chi connectivity index (χ2n) is 3.88. The van der Waals surface area contributed by atoms with Crippen LogP contribution in [0.3, 0.4) is 0 Å². The zero-order chi connectivity index (χ0) is 10.4. The maximum Gasteiger partial charge on any atom is 0.124 e. The normalized spacial score (nSPS) is 11.9. The van der Waals surface area contributed by atoms with Gasteiger partial charge in [0.1, 0.15) is 6.26 Å². The van der Waals surface area contributed by atoms with Crippen LogP contribution >= 0.6 is 0 Å². The van der Waals surface area contributed by atoms with Gasteiger partial charge in [-0.15, -0.1) is 0 Å². The van der Waals surface area contributed by atoms with Crippen molar-refractivity contribution in [1.82, 2.24) is 10.5 Å². The van der Waals surface area contributed by atoms with E-state index in [0.29, 0.717) is 0 Å². The zero-order valence-corrected chi connectivity index (χ0v) is 9.04. The van der Waals surface area contributed by atoms with Gasteiger partial charge in [0.2, 0.25) is 0 Å². The Kier molecular flexibility index (Phi) is 4.10. The van der Waals surface area contributed by atoms with Crippen molar-refractivity contribution in [3.8, 4) is 0 Å². The zero-order valence-electron chi connectivity index (χ0n) is 9.04. The van der Waals surface area contributed by atoms with Crippen LogP contribution in [0, 0.1) is 0 Å². The average molecular weight is 198 g/mol. The smallest absolute Gasteiger partial charge is 0.124 e. The third kappa shape index (κ3) is 3.89. The fourth-order valence-corrected chi connectivity index (χ4v) is 1.04. The fraction of sp³-hybridized carbons (Fsp3) is 0.700. The van der Waals surface area contributed by atoms with Gasteiger partial charge in [0.25, 0.3) is 0 Å². The van der Waals surface area contributed by atoms with Crippen molar-refractivity contribution >= 4 is 0 Å². The number of nitrogens with one attached hydrogen (secondary N) is 1. The number of ether oxygens (including phenoxy) is 1. The first kappa shape index (κ1) is 11.2. The van der Waals surface area contributed by atoms with Crippen LogP contribution in [0.2, 0.25) is 0 Å². The van der Waals surface area contributed by atoms with Crippen LogP contribution in [0.15, 0.2) is 16.9 Å². The van der Waals surface area contributed by atoms with E-state index in [1.165, 1.54) is 0 Å². The van der Waals surface area contributed by atoms with Crippen LogP contribution in [-0.2, 0) is 11.3 Å². The van der Waals surface area contributed by atoms with E-state index < -0.39 is 0 Å². The van der Waals surface area contributed by atoms with Crippen LogP contribution in [-0.4, -0.2) is 24.4 Å². The second-order valence-corrected chi connectivity index (χ2v) is 3.88. The predicted molar refractivity (Wildman–Crippen MR) is 53.9 cm³/mol. The molecule has 0 aromatic carbocycles. The third-order valence-electron chi connectivity index (χ3n) is 2.25. The van der Waals surface area contributed by atoms with E-state index in [0.717, 1.165) is 25.2 Å². The number of aromatic nitrogens is 1. The molecule has 14 heavy (non-hydrogen) atoms. The Morgan fingerprint density at radius 1 is 1.57 bits per heavy atom. The Morgan fingerprint density at radius 3 is 2.93 bits per heavy atom. The molecule has 1 rings (SSSR count). The molecule has 1 N–H and O–H groups in total. The van der Waals surface area contributed by atoms with E-state index in [-0.39, 0.29) is 5.60 Å². The Morgan fingerprint density at radius 2 is 2.36 bits per heavy atom. The Balaban J connectivity index is 2.11. The topological polar surface area (TPSA) is 47.3 Å². The summed E-state index contributed by atoms with van der Waals surface area (Å²) >= 11 is 0. The van der Waals surface area contributed by atoms with E-state index in [2.05, 4.69) is 24.3 Å². The molecule has 0 amide bonds. The number of nitrogens with zero attached hydrogens (tertiary/aromatic N) is 1. The molecule has 0 bridgehead atoms. The molecule has 0 fully saturated rings. The molecule has 0 aliphatic rings. The van der Waals surface area contributed by atoms with Crippen molar-refractivity contribution in [3.05, 3.63) is 18.0 Å². The summed E-state index contributed by atoms with van der Waals surface area (Å²) in [6.07, 6.45) is 2.55. The maximum absolute atomic E-state index is 5.30. The Bertz CT molecular complexity index is 245. The highest BCUT2D eigenvalue weighted by Crippen LogP contribution is 2.11. The molecule has 0 aliphatic heterocycles. The van der Waals surface area contributed by atoms with Crippen molar-refractivity contribution < 1.29 is 9.26 Å². The summed E-state index contributed by atoms with van der Waals surface area (Å²) in [4.78, 5) is 0. The lowest BCUT2D eigenvalue weighted by Gasteiger charge is -2.22. The minimum Gasteiger partial charge on any atom is -0.379 e. The van der Waals surface area contributed by atoms with Gasteiger partial charge in [0.05, 0.1) is 11.3 Å². The molecule has 1 aromatic heterocycles. The van der Waals surface area contributed by atoms with E-state index in [4.69, 9.17) is 9.26 Å². The summed E-state index contributed by atoms with van der Waals surface area (Å²) in [7, 11) is 1.73. The molecule has 4 heteroatoms. The number of rotatable bonds is 6. The summed E-state index contributed by atoms with van der Waals surface area (Å²) < 4.78 is 10.0. The summed E-state index contributed by atoms with van der Waals surface area (Å²) in [5.74, 6) is 0. The van der Waals surface area contributed by atoms with Crippen LogP contribution < -0.4 is 5.32 Å². The number of methoxy groups -OCH3 is 1. The van der Waals surface area contributed by atoms with Crippen LogP contribution in [0.5, 0.6) is 0 Å². The van der Waals surface area contributed by atoms with E-state index in [9.17, 15) is 0 Å². The lowest BCUT2D eigenvalue weighted by Crippen LogP contribution is -2.28. The summed E-state index contributed by atoms with van der Waals surface area (Å²) in [5, 5.41) is 7.08. The molecule has 0 spiro atoms. The first-order valence-corrected chi connectivity index (χ1v) is 4.79. The molecular weight excluding hydrogens is 180 g/mol. The van der Waals surface area contributed by atoms with Crippen molar-refractivity contribution in [2.45, 2.75) is 32.4 Å². The molecule has 1 aromatic rings. The minimum absolute atomic E-state index is 0.0587. The van der Waals surface area contributed by atoms with Crippen LogP contribution in [0.1, 0.15) is 26.0 Å². The molecule has 1 heterocycles. The number of hydrogen-bond acceptors (Lipinski definition) is 4. The molecule has 4 nitrogen and oxygen atoms in total. The maximum atomic E-state index is 5.30. The molecule has 0 unspecified atom stereocenters. The quantitative estimate of drug-likeness (QED) is 0.705. The van der Waals surface area contributed by atoms with Crippen LogP contribution in [0.25, 0.3) is 0 Å². The van der Waals surface area contributed by atoms with Gasteiger partial charge in [-0.05, 0) is 26.8 Å². The van der Waals surface area contributed by atoms with Gasteiger partial charge in [-0.25, -0.2) is 0 Å².